The van der Waals surface area contributed by atoms with Gasteiger partial charge in [-0.3, -0.25) is 9.59 Å². The quantitative estimate of drug-likeness (QED) is 0.652. The Morgan fingerprint density at radius 1 is 1.43 bits per heavy atom. The smallest absolute Gasteiger partial charge is 0.306 e. The van der Waals surface area contributed by atoms with Crippen LogP contribution < -0.4 is 5.32 Å². The monoisotopic (exact) mass is 316 g/mol. The molecule has 3 N–H and O–H groups in total. The molecule has 0 aliphatic carbocycles. The summed E-state index contributed by atoms with van der Waals surface area (Å²) in [6.07, 6.45) is -0.417. The summed E-state index contributed by atoms with van der Waals surface area (Å²) in [6.45, 7) is 4.94. The Bertz CT molecular complexity index is 493. The lowest BCUT2D eigenvalue weighted by molar-refractivity contribution is -0.142. The largest absolute Gasteiger partial charge is 0.481 e. The summed E-state index contributed by atoms with van der Waals surface area (Å²) in [5, 5.41) is 24.7. The van der Waals surface area contributed by atoms with Crippen LogP contribution in [0.3, 0.4) is 0 Å². The molecule has 1 amide bonds. The number of hydrogen-bond acceptors (Lipinski definition) is 6. The standard InChI is InChI=1S/C13H20N2O5S/c1-8-10(9(2)20-15-8)5-21-6-11(16)14-7-13(3,19)4-12(17)18/h19H,4-7H2,1-3H3,(H,14,16)(H,17,18). The van der Waals surface area contributed by atoms with Crippen LogP contribution in [0, 0.1) is 13.8 Å². The number of nitrogens with one attached hydrogen (secondary N) is 1. The van der Waals surface area contributed by atoms with Gasteiger partial charge in [-0.25, -0.2) is 0 Å². The number of carboxylic acid groups (broad SMARTS) is 1. The third kappa shape index (κ3) is 6.17. The number of hydrogen-bond donors (Lipinski definition) is 3. The van der Waals surface area contributed by atoms with E-state index in [0.717, 1.165) is 17.0 Å². The predicted molar refractivity (Wildman–Crippen MR) is 78.0 cm³/mol. The Labute approximate surface area is 127 Å². The van der Waals surface area contributed by atoms with Crippen molar-refractivity contribution in [3.63, 3.8) is 0 Å². The molecule has 8 heteroatoms. The van der Waals surface area contributed by atoms with Gasteiger partial charge >= 0.3 is 5.97 Å². The molecule has 1 atom stereocenters. The van der Waals surface area contributed by atoms with E-state index >= 15 is 0 Å². The fraction of sp³-hybridized carbons (Fsp3) is 0.615. The van der Waals surface area contributed by atoms with Crippen LogP contribution in [0.5, 0.6) is 0 Å². The summed E-state index contributed by atoms with van der Waals surface area (Å²) in [6, 6.07) is 0. The number of amides is 1. The Balaban J connectivity index is 2.30. The molecule has 1 rings (SSSR count). The lowest BCUT2D eigenvalue weighted by atomic mass is 10.0. The molecular formula is C13H20N2O5S. The minimum absolute atomic E-state index is 0.0932. The van der Waals surface area contributed by atoms with Gasteiger partial charge in [0, 0.05) is 17.9 Å². The van der Waals surface area contributed by atoms with Gasteiger partial charge in [0.1, 0.15) is 5.76 Å². The molecule has 7 nitrogen and oxygen atoms in total. The van der Waals surface area contributed by atoms with Crippen LogP contribution in [0.15, 0.2) is 4.52 Å². The van der Waals surface area contributed by atoms with Crippen LogP contribution in [0.1, 0.15) is 30.4 Å². The molecule has 0 aliphatic rings. The van der Waals surface area contributed by atoms with E-state index in [1.54, 1.807) is 0 Å². The van der Waals surface area contributed by atoms with Crippen molar-refractivity contribution in [1.29, 1.82) is 0 Å². The van der Waals surface area contributed by atoms with Gasteiger partial charge in [0.15, 0.2) is 0 Å². The molecule has 0 spiro atoms. The second kappa shape index (κ2) is 7.46. The number of nitrogens with zero attached hydrogens (tertiary/aromatic N) is 1. The number of rotatable bonds is 8. The summed E-state index contributed by atoms with van der Waals surface area (Å²) < 4.78 is 5.03. The first-order chi connectivity index (χ1) is 9.71. The molecule has 1 aromatic rings. The molecule has 0 bridgehead atoms. The number of carbonyl (C=O) groups is 2. The summed E-state index contributed by atoms with van der Waals surface area (Å²) >= 11 is 1.40. The number of aryl methyl sites for hydroxylation is 2. The number of thioether (sulfide) groups is 1. The van der Waals surface area contributed by atoms with E-state index in [-0.39, 0.29) is 18.2 Å². The Hall–Kier alpha value is -1.54. The molecule has 1 heterocycles. The van der Waals surface area contributed by atoms with Crippen molar-refractivity contribution in [3.8, 4) is 0 Å². The van der Waals surface area contributed by atoms with E-state index in [1.807, 2.05) is 13.8 Å². The Morgan fingerprint density at radius 2 is 2.10 bits per heavy atom. The molecule has 0 aromatic carbocycles. The Kier molecular flexibility index (Phi) is 6.22. The van der Waals surface area contributed by atoms with E-state index in [2.05, 4.69) is 10.5 Å². The highest BCUT2D eigenvalue weighted by atomic mass is 32.2. The van der Waals surface area contributed by atoms with Crippen LogP contribution in [-0.4, -0.2) is 45.1 Å². The van der Waals surface area contributed by atoms with E-state index in [0.29, 0.717) is 5.75 Å². The average Bonchev–Trinajstić information content (AvgIpc) is 2.66. The molecule has 1 aromatic heterocycles. The fourth-order valence-electron chi connectivity index (χ4n) is 1.68. The van der Waals surface area contributed by atoms with Crippen LogP contribution in [0.2, 0.25) is 0 Å². The van der Waals surface area contributed by atoms with Crippen molar-refractivity contribution in [2.24, 2.45) is 0 Å². The van der Waals surface area contributed by atoms with Crippen molar-refractivity contribution in [2.45, 2.75) is 38.5 Å². The first kappa shape index (κ1) is 17.5. The van der Waals surface area contributed by atoms with Gasteiger partial charge < -0.3 is 20.1 Å². The van der Waals surface area contributed by atoms with Gasteiger partial charge in [-0.15, -0.1) is 11.8 Å². The average molecular weight is 316 g/mol. The fourth-order valence-corrected chi connectivity index (χ4v) is 2.69. The number of aliphatic hydroxyl groups is 1. The molecule has 0 aliphatic heterocycles. The van der Waals surface area contributed by atoms with E-state index in [1.165, 1.54) is 18.7 Å². The third-order valence-corrected chi connectivity index (χ3v) is 3.82. The molecular weight excluding hydrogens is 296 g/mol. The highest BCUT2D eigenvalue weighted by Crippen LogP contribution is 2.19. The number of aliphatic carboxylic acids is 1. The number of carboxylic acids is 1. The van der Waals surface area contributed by atoms with Gasteiger partial charge in [0.25, 0.3) is 0 Å². The minimum atomic E-state index is -1.45. The molecule has 0 radical (unpaired) electrons. The third-order valence-electron chi connectivity index (χ3n) is 2.86. The maximum atomic E-state index is 11.6. The van der Waals surface area contributed by atoms with Gasteiger partial charge in [0.05, 0.1) is 23.5 Å². The highest BCUT2D eigenvalue weighted by Gasteiger charge is 2.24. The van der Waals surface area contributed by atoms with Crippen molar-refractivity contribution < 1.29 is 24.3 Å². The lowest BCUT2D eigenvalue weighted by Gasteiger charge is -2.21. The number of carbonyl (C=O) groups excluding carboxylic acids is 1. The van der Waals surface area contributed by atoms with Crippen molar-refractivity contribution >= 4 is 23.6 Å². The zero-order valence-corrected chi connectivity index (χ0v) is 13.1. The van der Waals surface area contributed by atoms with Crippen molar-refractivity contribution in [2.75, 3.05) is 12.3 Å². The summed E-state index contributed by atoms with van der Waals surface area (Å²) in [5.41, 5.74) is 0.337. The van der Waals surface area contributed by atoms with Crippen LogP contribution in [0.4, 0.5) is 0 Å². The zero-order valence-electron chi connectivity index (χ0n) is 12.3. The van der Waals surface area contributed by atoms with E-state index in [9.17, 15) is 14.7 Å². The Morgan fingerprint density at radius 3 is 2.62 bits per heavy atom. The molecule has 0 fully saturated rings. The van der Waals surface area contributed by atoms with Crippen LogP contribution in [-0.2, 0) is 15.3 Å². The first-order valence-corrected chi connectivity index (χ1v) is 7.57. The summed E-state index contributed by atoms with van der Waals surface area (Å²) in [4.78, 5) is 22.2. The van der Waals surface area contributed by atoms with Crippen LogP contribution in [0.25, 0.3) is 0 Å². The second-order valence-electron chi connectivity index (χ2n) is 5.14. The van der Waals surface area contributed by atoms with E-state index < -0.39 is 18.0 Å². The zero-order chi connectivity index (χ0) is 16.0. The SMILES string of the molecule is Cc1noc(C)c1CSCC(=O)NCC(C)(O)CC(=O)O. The molecule has 0 saturated carbocycles. The molecule has 0 saturated heterocycles. The van der Waals surface area contributed by atoms with Crippen molar-refractivity contribution in [3.05, 3.63) is 17.0 Å². The summed E-state index contributed by atoms with van der Waals surface area (Å²) in [5.74, 6) is 0.206. The number of aromatic nitrogens is 1. The van der Waals surface area contributed by atoms with Crippen LogP contribution >= 0.6 is 11.8 Å². The normalized spacial score (nSPS) is 13.7. The maximum Gasteiger partial charge on any atom is 0.306 e. The topological polar surface area (TPSA) is 113 Å². The van der Waals surface area contributed by atoms with Gasteiger partial charge in [0.2, 0.25) is 5.91 Å². The second-order valence-corrected chi connectivity index (χ2v) is 6.13. The lowest BCUT2D eigenvalue weighted by Crippen LogP contribution is -2.42. The highest BCUT2D eigenvalue weighted by molar-refractivity contribution is 7.99. The van der Waals surface area contributed by atoms with E-state index in [4.69, 9.17) is 9.63 Å². The molecule has 21 heavy (non-hydrogen) atoms. The maximum absolute atomic E-state index is 11.6. The van der Waals surface area contributed by atoms with Gasteiger partial charge in [-0.05, 0) is 20.8 Å². The first-order valence-electron chi connectivity index (χ1n) is 6.41. The predicted octanol–water partition coefficient (Wildman–Crippen LogP) is 0.867. The molecule has 1 unspecified atom stereocenters. The van der Waals surface area contributed by atoms with Crippen molar-refractivity contribution in [1.82, 2.24) is 10.5 Å². The van der Waals surface area contributed by atoms with Gasteiger partial charge in [-0.1, -0.05) is 5.16 Å². The van der Waals surface area contributed by atoms with Gasteiger partial charge in [-0.2, -0.15) is 0 Å². The minimum Gasteiger partial charge on any atom is -0.481 e. The summed E-state index contributed by atoms with van der Waals surface area (Å²) in [7, 11) is 0. The molecule has 118 valence electrons.